The van der Waals surface area contributed by atoms with Gasteiger partial charge in [-0.15, -0.1) is 0 Å². The van der Waals surface area contributed by atoms with Crippen LogP contribution in [0.2, 0.25) is 5.02 Å². The molecule has 22 heavy (non-hydrogen) atoms. The summed E-state index contributed by atoms with van der Waals surface area (Å²) in [5.41, 5.74) is 1.17. The van der Waals surface area contributed by atoms with Crippen LogP contribution >= 0.6 is 11.6 Å². The largest absolute Gasteiger partial charge is 0.484 e. The number of para-hydroxylation sites is 1. The highest BCUT2D eigenvalue weighted by molar-refractivity contribution is 6.30. The molecule has 0 aliphatic heterocycles. The molecule has 108 valence electrons. The molecule has 0 fully saturated rings. The molecule has 1 heterocycles. The van der Waals surface area contributed by atoms with E-state index in [1.54, 1.807) is 30.3 Å². The van der Waals surface area contributed by atoms with Crippen LogP contribution in [0.5, 0.6) is 5.75 Å². The summed E-state index contributed by atoms with van der Waals surface area (Å²) in [4.78, 5) is 12.3. The van der Waals surface area contributed by atoms with Crippen molar-refractivity contribution in [3.63, 3.8) is 0 Å². The monoisotopic (exact) mass is 310 g/mol. The van der Waals surface area contributed by atoms with Crippen molar-refractivity contribution < 1.29 is 9.53 Å². The van der Waals surface area contributed by atoms with Gasteiger partial charge in [-0.2, -0.15) is 5.26 Å². The fraction of sp³-hybridized carbons (Fsp3) is 0.0588. The minimum atomic E-state index is -0.243. The number of carbonyl (C=O) groups is 1. The molecule has 0 unspecified atom stereocenters. The minimum Gasteiger partial charge on any atom is -0.484 e. The predicted molar refractivity (Wildman–Crippen MR) is 84.2 cm³/mol. The van der Waals surface area contributed by atoms with Crippen LogP contribution in [-0.4, -0.2) is 17.1 Å². The Balaban J connectivity index is 1.83. The van der Waals surface area contributed by atoms with E-state index in [9.17, 15) is 4.79 Å². The third-order valence-corrected chi connectivity index (χ3v) is 3.53. The first-order chi connectivity index (χ1) is 10.7. The Bertz CT molecular complexity index is 876. The van der Waals surface area contributed by atoms with Crippen molar-refractivity contribution in [3.8, 4) is 11.8 Å². The number of nitrogens with zero attached hydrogens (tertiary/aromatic N) is 2. The number of halogens is 1. The van der Waals surface area contributed by atoms with Gasteiger partial charge in [0.05, 0.1) is 11.1 Å². The Labute approximate surface area is 132 Å². The predicted octanol–water partition coefficient (Wildman–Crippen LogP) is 3.89. The summed E-state index contributed by atoms with van der Waals surface area (Å²) in [5.74, 6) is 0.322. The number of benzene rings is 2. The van der Waals surface area contributed by atoms with Gasteiger partial charge >= 0.3 is 0 Å². The molecule has 4 nitrogen and oxygen atoms in total. The average Bonchev–Trinajstić information content (AvgIpc) is 2.93. The van der Waals surface area contributed by atoms with Crippen LogP contribution in [0.25, 0.3) is 10.9 Å². The number of ether oxygens (including phenoxy) is 1. The van der Waals surface area contributed by atoms with E-state index in [1.807, 2.05) is 18.2 Å². The minimum absolute atomic E-state index is 0.120. The summed E-state index contributed by atoms with van der Waals surface area (Å²) in [6.07, 6.45) is 1.54. The Morgan fingerprint density at radius 1 is 1.18 bits per heavy atom. The molecule has 1 aromatic heterocycles. The van der Waals surface area contributed by atoms with E-state index in [2.05, 4.69) is 6.07 Å². The first-order valence-corrected chi connectivity index (χ1v) is 6.98. The average molecular weight is 311 g/mol. The molecule has 0 saturated heterocycles. The Kier molecular flexibility index (Phi) is 3.82. The second-order valence-corrected chi connectivity index (χ2v) is 5.11. The van der Waals surface area contributed by atoms with Crippen LogP contribution in [0, 0.1) is 11.3 Å². The summed E-state index contributed by atoms with van der Waals surface area (Å²) in [6.45, 7) is -0.120. The van der Waals surface area contributed by atoms with E-state index < -0.39 is 0 Å². The molecular formula is C17H11ClN2O2. The number of hydrogen-bond acceptors (Lipinski definition) is 3. The van der Waals surface area contributed by atoms with Gasteiger partial charge in [0.1, 0.15) is 11.8 Å². The van der Waals surface area contributed by atoms with Gasteiger partial charge in [-0.25, -0.2) is 0 Å². The van der Waals surface area contributed by atoms with E-state index in [-0.39, 0.29) is 12.5 Å². The molecule has 0 radical (unpaired) electrons. The zero-order chi connectivity index (χ0) is 15.5. The van der Waals surface area contributed by atoms with E-state index in [0.29, 0.717) is 21.9 Å². The molecule has 0 aliphatic rings. The molecule has 3 rings (SSSR count). The summed E-state index contributed by atoms with van der Waals surface area (Å²) >= 11 is 5.80. The quantitative estimate of drug-likeness (QED) is 0.737. The molecule has 0 spiro atoms. The van der Waals surface area contributed by atoms with Gasteiger partial charge in [-0.1, -0.05) is 29.8 Å². The van der Waals surface area contributed by atoms with Crippen LogP contribution in [0.3, 0.4) is 0 Å². The van der Waals surface area contributed by atoms with Gasteiger partial charge in [0.15, 0.2) is 6.61 Å². The zero-order valence-corrected chi connectivity index (χ0v) is 12.2. The topological polar surface area (TPSA) is 55.0 Å². The maximum Gasteiger partial charge on any atom is 0.269 e. The molecule has 2 aromatic carbocycles. The summed E-state index contributed by atoms with van der Waals surface area (Å²) in [5, 5.41) is 10.5. The van der Waals surface area contributed by atoms with Crippen molar-refractivity contribution in [1.82, 2.24) is 4.57 Å². The number of rotatable bonds is 3. The number of aromatic nitrogens is 1. The fourth-order valence-corrected chi connectivity index (χ4v) is 2.35. The van der Waals surface area contributed by atoms with Gasteiger partial charge in [-0.3, -0.25) is 9.36 Å². The molecule has 3 aromatic rings. The van der Waals surface area contributed by atoms with Gasteiger partial charge in [-0.05, 0) is 30.3 Å². The lowest BCUT2D eigenvalue weighted by Gasteiger charge is -2.07. The second kappa shape index (κ2) is 5.92. The summed E-state index contributed by atoms with van der Waals surface area (Å²) in [7, 11) is 0. The van der Waals surface area contributed by atoms with Crippen LogP contribution in [0.4, 0.5) is 0 Å². The second-order valence-electron chi connectivity index (χ2n) is 4.68. The highest BCUT2D eigenvalue weighted by Gasteiger charge is 2.13. The maximum absolute atomic E-state index is 12.3. The van der Waals surface area contributed by atoms with E-state index in [1.165, 1.54) is 10.8 Å². The van der Waals surface area contributed by atoms with Gasteiger partial charge in [0, 0.05) is 16.6 Å². The molecule has 0 aliphatic carbocycles. The van der Waals surface area contributed by atoms with Gasteiger partial charge in [0.25, 0.3) is 5.91 Å². The standard InChI is InChI=1S/C17H11ClN2O2/c18-13-5-7-14(8-6-13)22-11-17(21)20-10-12(9-19)15-3-1-2-4-16(15)20/h1-8,10H,11H2. The van der Waals surface area contributed by atoms with Crippen LogP contribution in [-0.2, 0) is 0 Å². The summed E-state index contributed by atoms with van der Waals surface area (Å²) < 4.78 is 6.91. The van der Waals surface area contributed by atoms with Crippen molar-refractivity contribution in [2.75, 3.05) is 6.61 Å². The highest BCUT2D eigenvalue weighted by Crippen LogP contribution is 2.21. The van der Waals surface area contributed by atoms with Gasteiger partial charge in [0.2, 0.25) is 0 Å². The van der Waals surface area contributed by atoms with Gasteiger partial charge < -0.3 is 4.74 Å². The molecule has 0 atom stereocenters. The van der Waals surface area contributed by atoms with Crippen molar-refractivity contribution in [2.24, 2.45) is 0 Å². The number of nitriles is 1. The number of fused-ring (bicyclic) bond motifs is 1. The lowest BCUT2D eigenvalue weighted by atomic mass is 10.2. The van der Waals surface area contributed by atoms with Crippen molar-refractivity contribution in [3.05, 3.63) is 65.3 Å². The third-order valence-electron chi connectivity index (χ3n) is 3.28. The fourth-order valence-electron chi connectivity index (χ4n) is 2.22. The van der Waals surface area contributed by atoms with Crippen LogP contribution in [0.15, 0.2) is 54.7 Å². The molecule has 5 heteroatoms. The van der Waals surface area contributed by atoms with Crippen molar-refractivity contribution in [2.45, 2.75) is 0 Å². The lowest BCUT2D eigenvalue weighted by molar-refractivity contribution is 0.0843. The normalized spacial score (nSPS) is 10.4. The SMILES string of the molecule is N#Cc1cn(C(=O)COc2ccc(Cl)cc2)c2ccccc12. The number of hydrogen-bond donors (Lipinski definition) is 0. The summed E-state index contributed by atoms with van der Waals surface area (Å²) in [6, 6.07) is 16.2. The van der Waals surface area contributed by atoms with Crippen molar-refractivity contribution >= 4 is 28.4 Å². The maximum atomic E-state index is 12.3. The van der Waals surface area contributed by atoms with Crippen LogP contribution < -0.4 is 4.74 Å². The number of carbonyl (C=O) groups excluding carboxylic acids is 1. The van der Waals surface area contributed by atoms with E-state index >= 15 is 0 Å². The Morgan fingerprint density at radius 2 is 1.91 bits per heavy atom. The van der Waals surface area contributed by atoms with E-state index in [0.717, 1.165) is 5.39 Å². The first kappa shape index (κ1) is 14.2. The van der Waals surface area contributed by atoms with Crippen LogP contribution in [0.1, 0.15) is 10.4 Å². The smallest absolute Gasteiger partial charge is 0.269 e. The highest BCUT2D eigenvalue weighted by atomic mass is 35.5. The molecule has 0 bridgehead atoms. The Hall–Kier alpha value is -2.77. The first-order valence-electron chi connectivity index (χ1n) is 6.61. The Morgan fingerprint density at radius 3 is 2.64 bits per heavy atom. The lowest BCUT2D eigenvalue weighted by Crippen LogP contribution is -2.18. The zero-order valence-electron chi connectivity index (χ0n) is 11.5. The van der Waals surface area contributed by atoms with Crippen molar-refractivity contribution in [1.29, 1.82) is 5.26 Å². The molecular weight excluding hydrogens is 300 g/mol. The van der Waals surface area contributed by atoms with E-state index in [4.69, 9.17) is 21.6 Å². The molecule has 0 saturated carbocycles. The third kappa shape index (κ3) is 2.67. The molecule has 0 amide bonds. The molecule has 0 N–H and O–H groups in total.